The van der Waals surface area contributed by atoms with E-state index in [4.69, 9.17) is 10.5 Å². The topological polar surface area (TPSA) is 93.9 Å². The number of aryl methyl sites for hydroxylation is 1. The summed E-state index contributed by atoms with van der Waals surface area (Å²) >= 11 is 0. The van der Waals surface area contributed by atoms with Crippen LogP contribution in [0.3, 0.4) is 0 Å². The number of nitrogens with zero attached hydrogens (tertiary/aromatic N) is 3. The minimum absolute atomic E-state index is 0.0246. The van der Waals surface area contributed by atoms with Crippen molar-refractivity contribution < 1.29 is 9.53 Å². The van der Waals surface area contributed by atoms with Crippen LogP contribution in [0.5, 0.6) is 0 Å². The molecule has 0 fully saturated rings. The highest BCUT2D eigenvalue weighted by molar-refractivity contribution is 5.99. The Morgan fingerprint density at radius 3 is 3.09 bits per heavy atom. The molecule has 1 atom stereocenters. The first kappa shape index (κ1) is 14.4. The predicted molar refractivity (Wildman–Crippen MR) is 79.1 cm³/mol. The number of ketones is 1. The summed E-state index contributed by atoms with van der Waals surface area (Å²) in [6.07, 6.45) is 4.74. The standard InChI is InChI=1S/C16H18N4O2/c1-2-7-20-8-6-11(19-20)14-10(9-17)16(18)22-13-5-3-4-12(21)15(13)14/h6,8,14H,2-5,7,18H2,1H3. The Bertz CT molecular complexity index is 721. The van der Waals surface area contributed by atoms with Crippen molar-refractivity contribution in [2.45, 2.75) is 45.1 Å². The molecule has 22 heavy (non-hydrogen) atoms. The molecule has 0 amide bonds. The molecular formula is C16H18N4O2. The minimum atomic E-state index is -0.500. The number of carbonyl (C=O) groups excluding carboxylic acids is 1. The number of hydrogen-bond donors (Lipinski definition) is 1. The van der Waals surface area contributed by atoms with E-state index in [1.807, 2.05) is 16.9 Å². The fraction of sp³-hybridized carbons (Fsp3) is 0.438. The third-order valence-electron chi connectivity index (χ3n) is 4.01. The zero-order valence-electron chi connectivity index (χ0n) is 12.5. The van der Waals surface area contributed by atoms with Crippen LogP contribution in [0.4, 0.5) is 0 Å². The van der Waals surface area contributed by atoms with Gasteiger partial charge in [0.2, 0.25) is 5.88 Å². The normalized spacial score (nSPS) is 21.5. The smallest absolute Gasteiger partial charge is 0.205 e. The van der Waals surface area contributed by atoms with Crippen LogP contribution in [0.15, 0.2) is 35.1 Å². The van der Waals surface area contributed by atoms with Crippen molar-refractivity contribution in [3.05, 3.63) is 40.7 Å². The van der Waals surface area contributed by atoms with Gasteiger partial charge in [0.25, 0.3) is 0 Å². The Hall–Kier alpha value is -2.55. The van der Waals surface area contributed by atoms with Gasteiger partial charge in [-0.05, 0) is 18.9 Å². The molecule has 6 nitrogen and oxygen atoms in total. The Morgan fingerprint density at radius 1 is 1.55 bits per heavy atom. The zero-order valence-corrected chi connectivity index (χ0v) is 12.5. The second kappa shape index (κ2) is 5.68. The van der Waals surface area contributed by atoms with Gasteiger partial charge in [0.1, 0.15) is 17.4 Å². The summed E-state index contributed by atoms with van der Waals surface area (Å²) in [5.74, 6) is 0.213. The van der Waals surface area contributed by atoms with Gasteiger partial charge in [-0.3, -0.25) is 9.48 Å². The molecule has 1 aliphatic carbocycles. The first-order chi connectivity index (χ1) is 10.7. The monoisotopic (exact) mass is 298 g/mol. The van der Waals surface area contributed by atoms with Crippen molar-refractivity contribution in [3.8, 4) is 6.07 Å². The average molecular weight is 298 g/mol. The van der Waals surface area contributed by atoms with E-state index in [0.29, 0.717) is 29.9 Å². The zero-order chi connectivity index (χ0) is 15.7. The molecule has 3 rings (SSSR count). The van der Waals surface area contributed by atoms with Gasteiger partial charge in [0, 0.05) is 31.2 Å². The predicted octanol–water partition coefficient (Wildman–Crippen LogP) is 2.11. The van der Waals surface area contributed by atoms with Crippen LogP contribution in [0.1, 0.15) is 44.2 Å². The maximum Gasteiger partial charge on any atom is 0.205 e. The van der Waals surface area contributed by atoms with E-state index in [9.17, 15) is 10.1 Å². The fourth-order valence-corrected chi connectivity index (χ4v) is 3.04. The second-order valence-electron chi connectivity index (χ2n) is 5.54. The molecule has 0 saturated carbocycles. The molecule has 1 aromatic heterocycles. The highest BCUT2D eigenvalue weighted by Gasteiger charge is 2.39. The van der Waals surface area contributed by atoms with Crippen molar-refractivity contribution >= 4 is 5.78 Å². The van der Waals surface area contributed by atoms with E-state index in [1.54, 1.807) is 0 Å². The van der Waals surface area contributed by atoms with Crippen LogP contribution in [0.2, 0.25) is 0 Å². The molecule has 2 aliphatic rings. The van der Waals surface area contributed by atoms with E-state index < -0.39 is 5.92 Å². The number of hydrogen-bond acceptors (Lipinski definition) is 5. The third kappa shape index (κ3) is 2.29. The van der Waals surface area contributed by atoms with E-state index in [0.717, 1.165) is 19.4 Å². The Morgan fingerprint density at radius 2 is 2.36 bits per heavy atom. The van der Waals surface area contributed by atoms with Crippen molar-refractivity contribution in [1.29, 1.82) is 5.26 Å². The van der Waals surface area contributed by atoms with Gasteiger partial charge < -0.3 is 10.5 Å². The summed E-state index contributed by atoms with van der Waals surface area (Å²) in [4.78, 5) is 12.4. The third-order valence-corrected chi connectivity index (χ3v) is 4.01. The van der Waals surface area contributed by atoms with Crippen LogP contribution in [-0.4, -0.2) is 15.6 Å². The van der Waals surface area contributed by atoms with Crippen molar-refractivity contribution in [1.82, 2.24) is 9.78 Å². The summed E-state index contributed by atoms with van der Waals surface area (Å²) in [5, 5.41) is 14.0. The van der Waals surface area contributed by atoms with Gasteiger partial charge in [0.15, 0.2) is 5.78 Å². The Balaban J connectivity index is 2.09. The highest BCUT2D eigenvalue weighted by Crippen LogP contribution is 2.42. The van der Waals surface area contributed by atoms with Crippen LogP contribution in [0, 0.1) is 11.3 Å². The number of Topliss-reactive ketones (excluding diaryl/α,β-unsaturated/α-hetero) is 1. The lowest BCUT2D eigenvalue weighted by Crippen LogP contribution is -2.27. The molecule has 0 saturated heterocycles. The number of nitriles is 1. The molecule has 1 unspecified atom stereocenters. The molecule has 0 bridgehead atoms. The molecule has 0 radical (unpaired) electrons. The number of carbonyl (C=O) groups is 1. The summed E-state index contributed by atoms with van der Waals surface area (Å²) in [6, 6.07) is 3.94. The van der Waals surface area contributed by atoms with Crippen molar-refractivity contribution in [2.75, 3.05) is 0 Å². The lowest BCUT2D eigenvalue weighted by atomic mass is 9.80. The molecule has 1 aliphatic heterocycles. The van der Waals surface area contributed by atoms with Gasteiger partial charge in [0.05, 0.1) is 11.6 Å². The molecule has 0 spiro atoms. The van der Waals surface area contributed by atoms with E-state index in [2.05, 4.69) is 18.1 Å². The average Bonchev–Trinajstić information content (AvgIpc) is 2.95. The van der Waals surface area contributed by atoms with Gasteiger partial charge in [-0.25, -0.2) is 0 Å². The van der Waals surface area contributed by atoms with E-state index >= 15 is 0 Å². The number of allylic oxidation sites excluding steroid dienone is 3. The second-order valence-corrected chi connectivity index (χ2v) is 5.54. The summed E-state index contributed by atoms with van der Waals surface area (Å²) in [5.41, 5.74) is 7.40. The molecular weight excluding hydrogens is 280 g/mol. The van der Waals surface area contributed by atoms with Crippen LogP contribution in [-0.2, 0) is 16.1 Å². The lowest BCUT2D eigenvalue weighted by Gasteiger charge is -2.29. The Kier molecular flexibility index (Phi) is 3.72. The number of aromatic nitrogens is 2. The maximum atomic E-state index is 12.4. The summed E-state index contributed by atoms with van der Waals surface area (Å²) in [7, 11) is 0. The van der Waals surface area contributed by atoms with E-state index in [-0.39, 0.29) is 17.2 Å². The molecule has 2 N–H and O–H groups in total. The maximum absolute atomic E-state index is 12.4. The van der Waals surface area contributed by atoms with Crippen molar-refractivity contribution in [3.63, 3.8) is 0 Å². The Labute approximate surface area is 128 Å². The minimum Gasteiger partial charge on any atom is -0.444 e. The fourth-order valence-electron chi connectivity index (χ4n) is 3.04. The largest absolute Gasteiger partial charge is 0.444 e. The number of ether oxygens (including phenoxy) is 1. The van der Waals surface area contributed by atoms with Gasteiger partial charge in [-0.15, -0.1) is 0 Å². The number of rotatable bonds is 3. The van der Waals surface area contributed by atoms with Crippen LogP contribution >= 0.6 is 0 Å². The van der Waals surface area contributed by atoms with Crippen LogP contribution in [0.25, 0.3) is 0 Å². The molecule has 6 heteroatoms. The molecule has 0 aromatic carbocycles. The van der Waals surface area contributed by atoms with Gasteiger partial charge in [-0.1, -0.05) is 6.92 Å². The lowest BCUT2D eigenvalue weighted by molar-refractivity contribution is -0.116. The first-order valence-corrected chi connectivity index (χ1v) is 7.52. The molecule has 114 valence electrons. The SMILES string of the molecule is CCCn1ccc(C2C(C#N)=C(N)OC3=C2C(=O)CCC3)n1. The molecule has 1 aromatic rings. The quantitative estimate of drug-likeness (QED) is 0.922. The van der Waals surface area contributed by atoms with Gasteiger partial charge in [-0.2, -0.15) is 10.4 Å². The number of nitrogens with two attached hydrogens (primary N) is 1. The summed E-state index contributed by atoms with van der Waals surface area (Å²) in [6.45, 7) is 2.86. The molecule has 2 heterocycles. The van der Waals surface area contributed by atoms with Gasteiger partial charge >= 0.3 is 0 Å². The summed E-state index contributed by atoms with van der Waals surface area (Å²) < 4.78 is 7.35. The van der Waals surface area contributed by atoms with Crippen molar-refractivity contribution in [2.24, 2.45) is 5.73 Å². The van der Waals surface area contributed by atoms with Crippen LogP contribution < -0.4 is 5.73 Å². The van der Waals surface area contributed by atoms with E-state index in [1.165, 1.54) is 0 Å². The first-order valence-electron chi connectivity index (χ1n) is 7.52. The highest BCUT2D eigenvalue weighted by atomic mass is 16.5.